The molecule has 2 aromatic heterocycles. The minimum atomic E-state index is -3.60. The van der Waals surface area contributed by atoms with E-state index in [1.165, 1.54) is 15.6 Å². The van der Waals surface area contributed by atoms with Crippen LogP contribution in [0, 0.1) is 6.92 Å². The summed E-state index contributed by atoms with van der Waals surface area (Å²) >= 11 is 1.53. The van der Waals surface area contributed by atoms with E-state index in [2.05, 4.69) is 15.3 Å². The smallest absolute Gasteiger partial charge is 0.262 e. The summed E-state index contributed by atoms with van der Waals surface area (Å²) in [7, 11) is -1.81. The number of rotatable bonds is 6. The van der Waals surface area contributed by atoms with Gasteiger partial charge in [0.05, 0.1) is 17.2 Å². The van der Waals surface area contributed by atoms with Crippen LogP contribution in [0.3, 0.4) is 0 Å². The van der Waals surface area contributed by atoms with Crippen molar-refractivity contribution in [1.29, 1.82) is 0 Å². The van der Waals surface area contributed by atoms with Gasteiger partial charge < -0.3 is 9.88 Å². The lowest BCUT2D eigenvalue weighted by Gasteiger charge is -2.30. The highest BCUT2D eigenvalue weighted by Gasteiger charge is 2.33. The van der Waals surface area contributed by atoms with Crippen LogP contribution in [0.2, 0.25) is 0 Å². The third-order valence-electron chi connectivity index (χ3n) is 4.78. The summed E-state index contributed by atoms with van der Waals surface area (Å²) in [6.45, 7) is 4.91. The predicted molar refractivity (Wildman–Crippen MR) is 103 cm³/mol. The molecule has 1 fully saturated rings. The number of aryl methyl sites for hydroxylation is 2. The minimum Gasteiger partial charge on any atom is -0.350 e. The Balaban J connectivity index is 1.71. The number of nitrogens with one attached hydrogen (secondary N) is 1. The second kappa shape index (κ2) is 8.07. The second-order valence-corrected chi connectivity index (χ2v) is 9.52. The molecule has 0 saturated carbocycles. The summed E-state index contributed by atoms with van der Waals surface area (Å²) in [6, 6.07) is 0. The first kappa shape index (κ1) is 20.0. The highest BCUT2D eigenvalue weighted by atomic mass is 32.2. The van der Waals surface area contributed by atoms with Gasteiger partial charge in [-0.1, -0.05) is 6.92 Å². The van der Waals surface area contributed by atoms with E-state index in [1.807, 2.05) is 12.3 Å². The number of thiazole rings is 1. The van der Waals surface area contributed by atoms with Gasteiger partial charge in [0.15, 0.2) is 5.03 Å². The number of aromatic nitrogens is 3. The Labute approximate surface area is 163 Å². The van der Waals surface area contributed by atoms with Gasteiger partial charge in [-0.05, 0) is 19.8 Å². The normalized spacial score (nSPS) is 18.6. The molecule has 2 aromatic rings. The fraction of sp³-hybridized carbons (Fsp3) is 0.588. The fourth-order valence-corrected chi connectivity index (χ4v) is 5.55. The van der Waals surface area contributed by atoms with Gasteiger partial charge in [-0.2, -0.15) is 4.31 Å². The Bertz CT molecular complexity index is 899. The zero-order valence-corrected chi connectivity index (χ0v) is 17.4. The van der Waals surface area contributed by atoms with Gasteiger partial charge in [0.2, 0.25) is 5.91 Å². The lowest BCUT2D eigenvalue weighted by Crippen LogP contribution is -2.39. The van der Waals surface area contributed by atoms with Gasteiger partial charge in [0, 0.05) is 44.1 Å². The van der Waals surface area contributed by atoms with Crippen molar-refractivity contribution in [1.82, 2.24) is 24.2 Å². The van der Waals surface area contributed by atoms with Crippen molar-refractivity contribution in [3.63, 3.8) is 0 Å². The molecule has 1 atom stereocenters. The highest BCUT2D eigenvalue weighted by molar-refractivity contribution is 7.89. The lowest BCUT2D eigenvalue weighted by molar-refractivity contribution is -0.120. The van der Waals surface area contributed by atoms with Crippen LogP contribution in [0.15, 0.2) is 16.6 Å². The third kappa shape index (κ3) is 4.39. The van der Waals surface area contributed by atoms with E-state index in [9.17, 15) is 13.2 Å². The molecule has 148 valence electrons. The molecule has 3 heterocycles. The summed E-state index contributed by atoms with van der Waals surface area (Å²) in [5.41, 5.74) is 0.817. The number of carbonyl (C=O) groups is 1. The molecule has 0 radical (unpaired) electrons. The summed E-state index contributed by atoms with van der Waals surface area (Å²) in [4.78, 5) is 20.2. The van der Waals surface area contributed by atoms with Gasteiger partial charge in [0.25, 0.3) is 10.0 Å². The average molecular weight is 412 g/mol. The number of amides is 1. The quantitative estimate of drug-likeness (QED) is 0.781. The van der Waals surface area contributed by atoms with Gasteiger partial charge in [0.1, 0.15) is 5.82 Å². The van der Waals surface area contributed by atoms with E-state index >= 15 is 0 Å². The maximum Gasteiger partial charge on any atom is 0.262 e. The largest absolute Gasteiger partial charge is 0.350 e. The Morgan fingerprint density at radius 2 is 2.19 bits per heavy atom. The number of carbonyl (C=O) groups excluding carboxylic acids is 1. The Morgan fingerprint density at radius 3 is 2.85 bits per heavy atom. The molecule has 1 amide bonds. The first-order chi connectivity index (χ1) is 12.8. The van der Waals surface area contributed by atoms with Crippen LogP contribution in [0.4, 0.5) is 0 Å². The first-order valence-electron chi connectivity index (χ1n) is 9.02. The van der Waals surface area contributed by atoms with Gasteiger partial charge in [-0.25, -0.2) is 18.4 Å². The van der Waals surface area contributed by atoms with E-state index in [0.29, 0.717) is 31.9 Å². The average Bonchev–Trinajstić information content (AvgIpc) is 3.27. The number of hydrogen-bond donors (Lipinski definition) is 1. The highest BCUT2D eigenvalue weighted by Crippen LogP contribution is 2.31. The minimum absolute atomic E-state index is 0.00913. The zero-order valence-electron chi connectivity index (χ0n) is 15.8. The van der Waals surface area contributed by atoms with Crippen LogP contribution in [0.5, 0.6) is 0 Å². The predicted octanol–water partition coefficient (Wildman–Crippen LogP) is 1.78. The summed E-state index contributed by atoms with van der Waals surface area (Å²) in [6.07, 6.45) is 3.70. The van der Waals surface area contributed by atoms with Crippen LogP contribution in [0.25, 0.3) is 0 Å². The lowest BCUT2D eigenvalue weighted by atomic mass is 10.0. The molecule has 27 heavy (non-hydrogen) atoms. The van der Waals surface area contributed by atoms with Crippen molar-refractivity contribution in [2.24, 2.45) is 7.05 Å². The summed E-state index contributed by atoms with van der Waals surface area (Å²) in [5, 5.41) is 5.77. The maximum atomic E-state index is 12.9. The number of imidazole rings is 1. The van der Waals surface area contributed by atoms with Gasteiger partial charge >= 0.3 is 0 Å². The van der Waals surface area contributed by atoms with Crippen molar-refractivity contribution < 1.29 is 13.2 Å². The summed E-state index contributed by atoms with van der Waals surface area (Å²) < 4.78 is 29.1. The molecule has 3 rings (SSSR count). The SMILES string of the molecule is CCC(=O)NCc1csc(C2CCCN(S(=O)(=O)c3cn(C)c(C)n3)C2)n1. The molecular formula is C17H25N5O3S2. The Kier molecular flexibility index (Phi) is 5.97. The zero-order chi connectivity index (χ0) is 19.6. The van der Waals surface area contributed by atoms with Crippen molar-refractivity contribution in [2.75, 3.05) is 13.1 Å². The van der Waals surface area contributed by atoms with E-state index in [-0.39, 0.29) is 16.9 Å². The molecule has 1 aliphatic heterocycles. The molecule has 8 nitrogen and oxygen atoms in total. The monoisotopic (exact) mass is 411 g/mol. The van der Waals surface area contributed by atoms with Crippen LogP contribution >= 0.6 is 11.3 Å². The van der Waals surface area contributed by atoms with Crippen LogP contribution < -0.4 is 5.32 Å². The van der Waals surface area contributed by atoms with E-state index in [4.69, 9.17) is 0 Å². The number of hydrogen-bond acceptors (Lipinski definition) is 6. The Morgan fingerprint density at radius 1 is 1.41 bits per heavy atom. The maximum absolute atomic E-state index is 12.9. The van der Waals surface area contributed by atoms with E-state index in [1.54, 1.807) is 24.7 Å². The molecular weight excluding hydrogens is 386 g/mol. The Hall–Kier alpha value is -1.78. The molecule has 1 N–H and O–H groups in total. The molecule has 0 bridgehead atoms. The second-order valence-electron chi connectivity index (χ2n) is 6.75. The standard InChI is InChI=1S/C17H25N5O3S2/c1-4-15(23)18-8-14-11-26-17(20-14)13-6-5-7-22(9-13)27(24,25)16-10-21(3)12(2)19-16/h10-11,13H,4-9H2,1-3H3,(H,18,23). The van der Waals surface area contributed by atoms with Crippen LogP contribution in [-0.4, -0.2) is 46.3 Å². The topological polar surface area (TPSA) is 97.2 Å². The molecule has 0 aromatic carbocycles. The number of nitrogens with zero attached hydrogens (tertiary/aromatic N) is 4. The van der Waals surface area contributed by atoms with Crippen molar-refractivity contribution in [3.05, 3.63) is 28.1 Å². The molecule has 0 spiro atoms. The van der Waals surface area contributed by atoms with Crippen molar-refractivity contribution in [2.45, 2.75) is 50.6 Å². The molecule has 0 aliphatic carbocycles. The molecule has 10 heteroatoms. The van der Waals surface area contributed by atoms with Crippen molar-refractivity contribution in [3.8, 4) is 0 Å². The van der Waals surface area contributed by atoms with E-state index < -0.39 is 10.0 Å². The van der Waals surface area contributed by atoms with Gasteiger partial charge in [-0.3, -0.25) is 4.79 Å². The summed E-state index contributed by atoms with van der Waals surface area (Å²) in [5.74, 6) is 0.727. The molecule has 1 saturated heterocycles. The molecule has 1 aliphatic rings. The van der Waals surface area contributed by atoms with E-state index in [0.717, 1.165) is 23.5 Å². The molecule has 1 unspecified atom stereocenters. The van der Waals surface area contributed by atoms with Crippen molar-refractivity contribution >= 4 is 27.3 Å². The number of sulfonamides is 1. The van der Waals surface area contributed by atoms with Crippen LogP contribution in [0.1, 0.15) is 48.6 Å². The number of piperidine rings is 1. The van der Waals surface area contributed by atoms with Crippen LogP contribution in [-0.2, 0) is 28.4 Å². The third-order valence-corrected chi connectivity index (χ3v) is 7.57. The fourth-order valence-electron chi connectivity index (χ4n) is 3.05. The van der Waals surface area contributed by atoms with Gasteiger partial charge in [-0.15, -0.1) is 11.3 Å². The first-order valence-corrected chi connectivity index (χ1v) is 11.3.